The molecule has 1 fully saturated rings. The number of hydrogen-bond acceptors (Lipinski definition) is 5. The van der Waals surface area contributed by atoms with Gasteiger partial charge in [-0.05, 0) is 70.2 Å². The number of amides is 3. The van der Waals surface area contributed by atoms with Gasteiger partial charge in [-0.25, -0.2) is 0 Å². The maximum absolute atomic E-state index is 12.7. The molecule has 0 bridgehead atoms. The van der Waals surface area contributed by atoms with Crippen molar-refractivity contribution in [3.8, 4) is 5.75 Å². The maximum atomic E-state index is 12.7. The van der Waals surface area contributed by atoms with E-state index in [1.54, 1.807) is 36.4 Å². The average Bonchev–Trinajstić information content (AvgIpc) is 2.91. The summed E-state index contributed by atoms with van der Waals surface area (Å²) in [6, 6.07) is 10.6. The Kier molecular flexibility index (Phi) is 7.20. The molecule has 2 aromatic carbocycles. The van der Waals surface area contributed by atoms with Crippen molar-refractivity contribution in [2.45, 2.75) is 0 Å². The Bertz CT molecular complexity index is 1020. The molecule has 1 heterocycles. The molecular weight excluding hydrogens is 592 g/mol. The number of imide groups is 1. The predicted octanol–water partition coefficient (Wildman–Crippen LogP) is 5.66. The van der Waals surface area contributed by atoms with Gasteiger partial charge in [0.25, 0.3) is 11.1 Å². The van der Waals surface area contributed by atoms with Crippen molar-refractivity contribution < 1.29 is 19.1 Å². The highest BCUT2D eigenvalue weighted by molar-refractivity contribution is 9.11. The molecule has 0 aromatic heterocycles. The quantitative estimate of drug-likeness (QED) is 0.446. The van der Waals surface area contributed by atoms with Crippen LogP contribution in [0.25, 0.3) is 6.08 Å². The fraction of sp³-hybridized carbons (Fsp3) is 0.105. The van der Waals surface area contributed by atoms with Crippen LogP contribution >= 0.6 is 59.6 Å². The van der Waals surface area contributed by atoms with Gasteiger partial charge in [-0.2, -0.15) is 0 Å². The Morgan fingerprint density at radius 2 is 1.83 bits per heavy atom. The number of ether oxygens (including phenoxy) is 1. The van der Waals surface area contributed by atoms with Crippen LogP contribution in [0.3, 0.4) is 0 Å². The Labute approximate surface area is 196 Å². The first-order valence-electron chi connectivity index (χ1n) is 8.12. The van der Waals surface area contributed by atoms with Crippen molar-refractivity contribution in [2.75, 3.05) is 19.0 Å². The summed E-state index contributed by atoms with van der Waals surface area (Å²) in [4.78, 5) is 38.4. The van der Waals surface area contributed by atoms with Crippen LogP contribution in [0.2, 0.25) is 0 Å². The number of halogens is 3. The largest absolute Gasteiger partial charge is 0.495 e. The number of carbonyl (C=O) groups excluding carboxylic acids is 3. The summed E-state index contributed by atoms with van der Waals surface area (Å²) in [5.41, 5.74) is 1.20. The van der Waals surface area contributed by atoms with E-state index in [-0.39, 0.29) is 11.4 Å². The van der Waals surface area contributed by atoms with Crippen molar-refractivity contribution in [2.24, 2.45) is 0 Å². The van der Waals surface area contributed by atoms with Gasteiger partial charge in [0.15, 0.2) is 0 Å². The Morgan fingerprint density at radius 3 is 2.48 bits per heavy atom. The monoisotopic (exact) mass is 602 g/mol. The lowest BCUT2D eigenvalue weighted by molar-refractivity contribution is -0.127. The number of anilines is 1. The second-order valence-corrected chi connectivity index (χ2v) is 9.51. The molecule has 10 heteroatoms. The number of methoxy groups -OCH3 is 1. The number of carbonyl (C=O) groups is 3. The molecule has 0 spiro atoms. The van der Waals surface area contributed by atoms with Crippen molar-refractivity contribution in [3.05, 3.63) is 60.3 Å². The van der Waals surface area contributed by atoms with E-state index in [9.17, 15) is 14.4 Å². The van der Waals surface area contributed by atoms with Crippen LogP contribution in [-0.2, 0) is 9.59 Å². The summed E-state index contributed by atoms with van der Waals surface area (Å²) in [7, 11) is 1.52. The molecule has 0 saturated carbocycles. The summed E-state index contributed by atoms with van der Waals surface area (Å²) < 4.78 is 7.73. The topological polar surface area (TPSA) is 75.7 Å². The fourth-order valence-corrected chi connectivity index (χ4v) is 5.07. The lowest BCUT2D eigenvalue weighted by atomic mass is 10.2. The van der Waals surface area contributed by atoms with Crippen molar-refractivity contribution in [1.29, 1.82) is 0 Å². The fourth-order valence-electron chi connectivity index (χ4n) is 2.56. The van der Waals surface area contributed by atoms with Crippen molar-refractivity contribution in [1.82, 2.24) is 4.90 Å². The minimum atomic E-state index is -0.524. The van der Waals surface area contributed by atoms with E-state index >= 15 is 0 Å². The Balaban J connectivity index is 1.77. The van der Waals surface area contributed by atoms with Crippen LogP contribution in [0, 0.1) is 0 Å². The van der Waals surface area contributed by atoms with Gasteiger partial charge in [-0.1, -0.05) is 31.9 Å². The van der Waals surface area contributed by atoms with Gasteiger partial charge >= 0.3 is 0 Å². The maximum Gasteiger partial charge on any atom is 0.294 e. The van der Waals surface area contributed by atoms with E-state index in [0.29, 0.717) is 21.5 Å². The van der Waals surface area contributed by atoms with Gasteiger partial charge in [0.05, 0.1) is 16.5 Å². The molecule has 150 valence electrons. The first-order chi connectivity index (χ1) is 13.8. The molecule has 6 nitrogen and oxygen atoms in total. The number of hydrogen-bond donors (Lipinski definition) is 1. The summed E-state index contributed by atoms with van der Waals surface area (Å²) >= 11 is 10.9. The lowest BCUT2D eigenvalue weighted by Gasteiger charge is -2.12. The van der Waals surface area contributed by atoms with Crippen LogP contribution < -0.4 is 10.1 Å². The van der Waals surface area contributed by atoms with Crippen LogP contribution in [-0.4, -0.2) is 35.6 Å². The Hall–Kier alpha value is -1.62. The van der Waals surface area contributed by atoms with Crippen LogP contribution in [0.15, 0.2) is 54.7 Å². The van der Waals surface area contributed by atoms with Gasteiger partial charge in [0.2, 0.25) is 5.91 Å². The van der Waals surface area contributed by atoms with Crippen molar-refractivity contribution >= 4 is 88.4 Å². The molecule has 0 radical (unpaired) electrons. The van der Waals surface area contributed by atoms with E-state index < -0.39 is 17.1 Å². The second kappa shape index (κ2) is 9.46. The zero-order valence-electron chi connectivity index (χ0n) is 14.9. The first kappa shape index (κ1) is 22.1. The third kappa shape index (κ3) is 5.30. The zero-order valence-corrected chi connectivity index (χ0v) is 20.4. The molecule has 0 aliphatic carbocycles. The van der Waals surface area contributed by atoms with Gasteiger partial charge in [0, 0.05) is 20.2 Å². The second-order valence-electron chi connectivity index (χ2n) is 5.83. The van der Waals surface area contributed by atoms with Gasteiger partial charge < -0.3 is 10.1 Å². The molecule has 29 heavy (non-hydrogen) atoms. The minimum Gasteiger partial charge on any atom is -0.495 e. The van der Waals surface area contributed by atoms with E-state index in [0.717, 1.165) is 25.6 Å². The van der Waals surface area contributed by atoms with E-state index in [1.165, 1.54) is 7.11 Å². The van der Waals surface area contributed by atoms with Gasteiger partial charge in [-0.15, -0.1) is 0 Å². The molecule has 2 aromatic rings. The SMILES string of the molecule is COc1c(Br)cc(Br)cc1/C=C1/SC(=O)N(CC(=O)Nc2ccc(Br)cc2)C1=O. The van der Waals surface area contributed by atoms with E-state index in [4.69, 9.17) is 4.74 Å². The molecular formula is C19H13Br3N2O4S. The predicted molar refractivity (Wildman–Crippen MR) is 124 cm³/mol. The third-order valence-electron chi connectivity index (χ3n) is 3.83. The molecule has 3 amide bonds. The normalized spacial score (nSPS) is 15.2. The standard InChI is InChI=1S/C19H13Br3N2O4S/c1-28-17-10(6-12(21)8-14(17)22)7-15-18(26)24(19(27)29-15)9-16(25)23-13-4-2-11(20)3-5-13/h2-8H,9H2,1H3,(H,23,25)/b15-7+. The summed E-state index contributed by atoms with van der Waals surface area (Å²) in [5, 5.41) is 2.17. The van der Waals surface area contributed by atoms with Gasteiger partial charge in [-0.3, -0.25) is 19.3 Å². The summed E-state index contributed by atoms with van der Waals surface area (Å²) in [6.45, 7) is -0.364. The molecule has 1 N–H and O–H groups in total. The number of thioether (sulfide) groups is 1. The molecule has 0 unspecified atom stereocenters. The van der Waals surface area contributed by atoms with Crippen molar-refractivity contribution in [3.63, 3.8) is 0 Å². The lowest BCUT2D eigenvalue weighted by Crippen LogP contribution is -2.36. The number of nitrogens with one attached hydrogen (secondary N) is 1. The number of nitrogens with zero attached hydrogens (tertiary/aromatic N) is 1. The highest BCUT2D eigenvalue weighted by Gasteiger charge is 2.36. The average molecular weight is 605 g/mol. The number of rotatable bonds is 5. The molecule has 1 aliphatic rings. The molecule has 1 saturated heterocycles. The van der Waals surface area contributed by atoms with Crippen LogP contribution in [0.4, 0.5) is 10.5 Å². The van der Waals surface area contributed by atoms with Gasteiger partial charge in [0.1, 0.15) is 12.3 Å². The molecule has 1 aliphatic heterocycles. The molecule has 3 rings (SSSR count). The Morgan fingerprint density at radius 1 is 1.14 bits per heavy atom. The smallest absolute Gasteiger partial charge is 0.294 e. The van der Waals surface area contributed by atoms with Crippen LogP contribution in [0.5, 0.6) is 5.75 Å². The van der Waals surface area contributed by atoms with Crippen LogP contribution in [0.1, 0.15) is 5.56 Å². The highest BCUT2D eigenvalue weighted by Crippen LogP contribution is 2.38. The van der Waals surface area contributed by atoms with E-state index in [1.807, 2.05) is 6.07 Å². The minimum absolute atomic E-state index is 0.217. The third-order valence-corrected chi connectivity index (χ3v) is 6.31. The summed E-state index contributed by atoms with van der Waals surface area (Å²) in [6.07, 6.45) is 1.58. The molecule has 0 atom stereocenters. The zero-order chi connectivity index (χ0) is 21.1. The highest BCUT2D eigenvalue weighted by atomic mass is 79.9. The van der Waals surface area contributed by atoms with E-state index in [2.05, 4.69) is 53.1 Å². The summed E-state index contributed by atoms with van der Waals surface area (Å²) in [5.74, 6) is -0.448. The first-order valence-corrected chi connectivity index (χ1v) is 11.3. The number of benzene rings is 2.